The first kappa shape index (κ1) is 13.9. The molecule has 0 saturated heterocycles. The van der Waals surface area contributed by atoms with Gasteiger partial charge in [0.25, 0.3) is 0 Å². The molecule has 6 heteroatoms. The third kappa shape index (κ3) is 2.57. The van der Waals surface area contributed by atoms with Crippen molar-refractivity contribution in [2.75, 3.05) is 0 Å². The number of hydrogen-bond acceptors (Lipinski definition) is 4. The number of carbonyl (C=O) groups excluding carboxylic acids is 3. The van der Waals surface area contributed by atoms with Gasteiger partial charge in [0, 0.05) is 23.8 Å². The van der Waals surface area contributed by atoms with Crippen molar-refractivity contribution in [1.82, 2.24) is 10.9 Å². The first-order valence-corrected chi connectivity index (χ1v) is 7.23. The van der Waals surface area contributed by atoms with Gasteiger partial charge in [-0.05, 0) is 38.2 Å². The number of fused-ring (bicyclic) bond motifs is 3. The zero-order chi connectivity index (χ0) is 15.0. The second kappa shape index (κ2) is 5.35. The largest absolute Gasteiger partial charge is 0.459 e. The molecule has 4 rings (SSSR count). The Morgan fingerprint density at radius 2 is 2.10 bits per heavy atom. The molecule has 21 heavy (non-hydrogen) atoms. The molecule has 0 radical (unpaired) electrons. The average molecular weight is 290 g/mol. The maximum absolute atomic E-state index is 12.2. The minimum atomic E-state index is -0.470. The number of hydrogen-bond donors (Lipinski definition) is 2. The summed E-state index contributed by atoms with van der Waals surface area (Å²) in [4.78, 5) is 35.7. The summed E-state index contributed by atoms with van der Waals surface area (Å²) in [5, 5.41) is 0. The Morgan fingerprint density at radius 1 is 1.29 bits per heavy atom. The number of aryl methyl sites for hydroxylation is 1. The summed E-state index contributed by atoms with van der Waals surface area (Å²) in [7, 11) is 0. The molecule has 3 fully saturated rings. The summed E-state index contributed by atoms with van der Waals surface area (Å²) in [5.41, 5.74) is 5.55. The quantitative estimate of drug-likeness (QED) is 0.805. The van der Waals surface area contributed by atoms with Crippen molar-refractivity contribution in [3.8, 4) is 0 Å². The number of hydrazine groups is 1. The van der Waals surface area contributed by atoms with Gasteiger partial charge in [0.15, 0.2) is 5.76 Å². The summed E-state index contributed by atoms with van der Waals surface area (Å²) < 4.78 is 5.06. The molecule has 1 heterocycles. The molecule has 1 aromatic rings. The number of Topliss-reactive ketones (excluding diaryl/α,β-unsaturated/α-hetero) is 1. The van der Waals surface area contributed by atoms with Crippen LogP contribution >= 0.6 is 0 Å². The Bertz CT molecular complexity index is 592. The number of rotatable bonds is 2. The Labute approximate surface area is 122 Å². The Balaban J connectivity index is 1.57. The molecular weight excluding hydrogens is 272 g/mol. The summed E-state index contributed by atoms with van der Waals surface area (Å²) in [6, 6.07) is 1.68. The molecule has 0 aliphatic heterocycles. The molecule has 0 unspecified atom stereocenters. The maximum atomic E-state index is 12.2. The van der Waals surface area contributed by atoms with E-state index in [0.29, 0.717) is 18.4 Å². The highest BCUT2D eigenvalue weighted by atomic mass is 16.3. The summed E-state index contributed by atoms with van der Waals surface area (Å²) >= 11 is 0. The lowest BCUT2D eigenvalue weighted by Crippen LogP contribution is -2.50. The van der Waals surface area contributed by atoms with Gasteiger partial charge in [0.2, 0.25) is 5.91 Å². The molecule has 2 bridgehead atoms. The van der Waals surface area contributed by atoms with E-state index in [9.17, 15) is 14.4 Å². The molecule has 2 amide bonds. The minimum Gasteiger partial charge on any atom is -0.459 e. The maximum Gasteiger partial charge on any atom is 0.305 e. The monoisotopic (exact) mass is 290 g/mol. The van der Waals surface area contributed by atoms with Gasteiger partial charge in [0.1, 0.15) is 5.78 Å². The van der Waals surface area contributed by atoms with Crippen molar-refractivity contribution in [2.24, 2.45) is 17.8 Å². The van der Waals surface area contributed by atoms with Crippen molar-refractivity contribution in [3.05, 3.63) is 23.7 Å². The lowest BCUT2D eigenvalue weighted by atomic mass is 9.64. The summed E-state index contributed by atoms with van der Waals surface area (Å²) in [6.45, 7) is 1.76. The van der Waals surface area contributed by atoms with Crippen LogP contribution in [-0.4, -0.2) is 17.6 Å². The average Bonchev–Trinajstić information content (AvgIpc) is 2.91. The number of amides is 2. The highest BCUT2D eigenvalue weighted by Crippen LogP contribution is 2.42. The fourth-order valence-corrected chi connectivity index (χ4v) is 3.39. The van der Waals surface area contributed by atoms with Gasteiger partial charge in [-0.3, -0.25) is 25.2 Å². The fourth-order valence-electron chi connectivity index (χ4n) is 3.39. The van der Waals surface area contributed by atoms with Crippen molar-refractivity contribution in [3.63, 3.8) is 0 Å². The molecule has 3 saturated carbocycles. The van der Waals surface area contributed by atoms with E-state index < -0.39 is 5.91 Å². The third-order valence-electron chi connectivity index (χ3n) is 4.62. The summed E-state index contributed by atoms with van der Waals surface area (Å²) in [5.74, 6) is -0.253. The molecule has 3 atom stereocenters. The fraction of sp³-hybridized carbons (Fsp3) is 0.533. The van der Waals surface area contributed by atoms with Crippen molar-refractivity contribution in [1.29, 1.82) is 0 Å². The van der Waals surface area contributed by atoms with Gasteiger partial charge >= 0.3 is 5.91 Å². The number of nitrogens with one attached hydrogen (secondary N) is 2. The van der Waals surface area contributed by atoms with Gasteiger partial charge in [-0.1, -0.05) is 0 Å². The van der Waals surface area contributed by atoms with E-state index in [1.807, 2.05) is 0 Å². The van der Waals surface area contributed by atoms with E-state index in [4.69, 9.17) is 4.42 Å². The van der Waals surface area contributed by atoms with Crippen LogP contribution in [0.3, 0.4) is 0 Å². The van der Waals surface area contributed by atoms with Crippen LogP contribution in [0.1, 0.15) is 41.8 Å². The third-order valence-corrected chi connectivity index (χ3v) is 4.62. The standard InChI is InChI=1S/C15H18N2O4/c1-8-4-5-21-13(8)15(20)17-16-14(19)11-6-10-3-2-9(11)7-12(10)18/h4-5,9-11H,2-3,6-7H2,1H3,(H,16,19)(H,17,20)/t9-,10-,11-/m1/s1. The van der Waals surface area contributed by atoms with Crippen LogP contribution in [0.25, 0.3) is 0 Å². The van der Waals surface area contributed by atoms with Crippen molar-refractivity contribution < 1.29 is 18.8 Å². The topological polar surface area (TPSA) is 88.4 Å². The highest BCUT2D eigenvalue weighted by molar-refractivity contribution is 5.94. The van der Waals surface area contributed by atoms with Crippen LogP contribution < -0.4 is 10.9 Å². The van der Waals surface area contributed by atoms with Crippen molar-refractivity contribution >= 4 is 17.6 Å². The van der Waals surface area contributed by atoms with Gasteiger partial charge in [-0.25, -0.2) is 0 Å². The molecule has 3 aliphatic rings. The Hall–Kier alpha value is -2.11. The molecule has 6 nitrogen and oxygen atoms in total. The SMILES string of the molecule is Cc1ccoc1C(=O)NNC(=O)[C@@H]1C[C@H]2CC[C@@H]1CC2=O. The first-order chi connectivity index (χ1) is 10.1. The van der Waals surface area contributed by atoms with E-state index >= 15 is 0 Å². The Morgan fingerprint density at radius 3 is 2.67 bits per heavy atom. The Kier molecular flexibility index (Phi) is 3.53. The van der Waals surface area contributed by atoms with Crippen molar-refractivity contribution in [2.45, 2.75) is 32.6 Å². The van der Waals surface area contributed by atoms with Crippen LogP contribution in [0.2, 0.25) is 0 Å². The van der Waals surface area contributed by atoms with E-state index in [1.54, 1.807) is 13.0 Å². The van der Waals surface area contributed by atoms with Crippen LogP contribution in [0.15, 0.2) is 16.7 Å². The summed E-state index contributed by atoms with van der Waals surface area (Å²) in [6.07, 6.45) is 4.34. The van der Waals surface area contributed by atoms with Gasteiger partial charge < -0.3 is 4.42 Å². The molecule has 0 spiro atoms. The van der Waals surface area contributed by atoms with Crippen LogP contribution in [0.4, 0.5) is 0 Å². The van der Waals surface area contributed by atoms with Crippen LogP contribution in [0.5, 0.6) is 0 Å². The number of carbonyl (C=O) groups is 3. The molecule has 112 valence electrons. The zero-order valence-corrected chi connectivity index (χ0v) is 11.8. The lowest BCUT2D eigenvalue weighted by Gasteiger charge is -2.40. The predicted molar refractivity (Wildman–Crippen MR) is 73.0 cm³/mol. The van der Waals surface area contributed by atoms with Crippen LogP contribution in [0, 0.1) is 24.7 Å². The second-order valence-electron chi connectivity index (χ2n) is 5.92. The van der Waals surface area contributed by atoms with E-state index in [2.05, 4.69) is 10.9 Å². The number of furan rings is 1. The molecular formula is C15H18N2O4. The van der Waals surface area contributed by atoms with Gasteiger partial charge in [-0.2, -0.15) is 0 Å². The zero-order valence-electron chi connectivity index (χ0n) is 11.8. The lowest BCUT2D eigenvalue weighted by molar-refractivity contribution is -0.139. The second-order valence-corrected chi connectivity index (χ2v) is 5.92. The van der Waals surface area contributed by atoms with E-state index in [-0.39, 0.29) is 35.2 Å². The van der Waals surface area contributed by atoms with Gasteiger partial charge in [-0.15, -0.1) is 0 Å². The molecule has 2 N–H and O–H groups in total. The van der Waals surface area contributed by atoms with E-state index in [1.165, 1.54) is 6.26 Å². The molecule has 3 aliphatic carbocycles. The number of ketones is 1. The van der Waals surface area contributed by atoms with E-state index in [0.717, 1.165) is 12.8 Å². The predicted octanol–water partition coefficient (Wildman–Crippen LogP) is 1.35. The minimum absolute atomic E-state index is 0.0220. The molecule has 1 aromatic heterocycles. The first-order valence-electron chi connectivity index (χ1n) is 7.23. The molecule has 0 aromatic carbocycles. The highest BCUT2D eigenvalue weighted by Gasteiger charge is 2.43. The van der Waals surface area contributed by atoms with Crippen LogP contribution in [-0.2, 0) is 9.59 Å². The smallest absolute Gasteiger partial charge is 0.305 e. The van der Waals surface area contributed by atoms with Gasteiger partial charge in [0.05, 0.1) is 6.26 Å². The normalized spacial score (nSPS) is 27.5.